The molecule has 1 aromatic rings. The van der Waals surface area contributed by atoms with Gasteiger partial charge in [-0.2, -0.15) is 0 Å². The molecule has 1 saturated carbocycles. The molecule has 0 aromatic heterocycles. The Morgan fingerprint density at radius 3 is 2.56 bits per heavy atom. The summed E-state index contributed by atoms with van der Waals surface area (Å²) in [6.45, 7) is 12.6. The van der Waals surface area contributed by atoms with Crippen LogP contribution in [0.3, 0.4) is 0 Å². The lowest BCUT2D eigenvalue weighted by molar-refractivity contribution is -0.950. The van der Waals surface area contributed by atoms with Crippen LogP contribution in [-0.2, 0) is 16.0 Å². The molecule has 1 saturated heterocycles. The highest BCUT2D eigenvalue weighted by Gasteiger charge is 2.35. The van der Waals surface area contributed by atoms with Crippen LogP contribution in [0.25, 0.3) is 0 Å². The van der Waals surface area contributed by atoms with E-state index in [9.17, 15) is 5.11 Å². The zero-order valence-corrected chi connectivity index (χ0v) is 17.4. The highest BCUT2D eigenvalue weighted by Crippen LogP contribution is 2.39. The molecule has 1 heterocycles. The topological polar surface area (TPSA) is 38.7 Å². The zero-order chi connectivity index (χ0) is 19.3. The first-order chi connectivity index (χ1) is 12.9. The molecule has 2 fully saturated rings. The van der Waals surface area contributed by atoms with E-state index in [0.717, 1.165) is 56.7 Å². The van der Waals surface area contributed by atoms with Crippen molar-refractivity contribution < 1.29 is 19.1 Å². The van der Waals surface area contributed by atoms with Gasteiger partial charge >= 0.3 is 0 Å². The number of hydrogen-bond acceptors (Lipinski definition) is 3. The van der Waals surface area contributed by atoms with Crippen LogP contribution in [0.2, 0.25) is 0 Å². The second-order valence-corrected chi connectivity index (χ2v) is 9.75. The van der Waals surface area contributed by atoms with Gasteiger partial charge in [0, 0.05) is 5.56 Å². The second kappa shape index (κ2) is 9.04. The van der Waals surface area contributed by atoms with Crippen molar-refractivity contribution in [1.82, 2.24) is 0 Å². The number of nitrogens with zero attached hydrogens (tertiary/aromatic N) is 1. The summed E-state index contributed by atoms with van der Waals surface area (Å²) in [5.74, 6) is 0.701. The maximum Gasteiger partial charge on any atom is 0.126 e. The Morgan fingerprint density at radius 1 is 1.19 bits per heavy atom. The maximum absolute atomic E-state index is 10.8. The van der Waals surface area contributed by atoms with Gasteiger partial charge in [0.2, 0.25) is 0 Å². The molecule has 1 N–H and O–H groups in total. The molecule has 0 amide bonds. The third kappa shape index (κ3) is 6.28. The van der Waals surface area contributed by atoms with Gasteiger partial charge in [-0.3, -0.25) is 0 Å². The van der Waals surface area contributed by atoms with Crippen LogP contribution in [0.15, 0.2) is 30.3 Å². The van der Waals surface area contributed by atoms with Crippen molar-refractivity contribution in [3.8, 4) is 0 Å². The lowest BCUT2D eigenvalue weighted by atomic mass is 9.71. The third-order valence-electron chi connectivity index (χ3n) is 6.25. The molecule has 0 radical (unpaired) electrons. The molecule has 1 aliphatic heterocycles. The van der Waals surface area contributed by atoms with Crippen LogP contribution in [0.1, 0.15) is 45.6 Å². The van der Waals surface area contributed by atoms with Crippen molar-refractivity contribution in [2.45, 2.75) is 58.8 Å². The number of benzene rings is 1. The fourth-order valence-corrected chi connectivity index (χ4v) is 5.24. The fourth-order valence-electron chi connectivity index (χ4n) is 5.24. The molecule has 1 aliphatic carbocycles. The summed E-state index contributed by atoms with van der Waals surface area (Å²) in [5, 5.41) is 10.8. The predicted octanol–water partition coefficient (Wildman–Crippen LogP) is 3.63. The highest BCUT2D eigenvalue weighted by molar-refractivity contribution is 5.13. The van der Waals surface area contributed by atoms with Crippen LogP contribution in [0, 0.1) is 11.3 Å². The monoisotopic (exact) mass is 376 g/mol. The Balaban J connectivity index is 1.55. The van der Waals surface area contributed by atoms with E-state index >= 15 is 0 Å². The van der Waals surface area contributed by atoms with Crippen molar-refractivity contribution >= 4 is 0 Å². The fraction of sp³-hybridized carbons (Fsp3) is 0.739. The highest BCUT2D eigenvalue weighted by atomic mass is 16.5. The van der Waals surface area contributed by atoms with Crippen LogP contribution >= 0.6 is 0 Å². The van der Waals surface area contributed by atoms with Gasteiger partial charge in [-0.25, -0.2) is 0 Å². The smallest absolute Gasteiger partial charge is 0.126 e. The largest absolute Gasteiger partial charge is 0.385 e. The van der Waals surface area contributed by atoms with Gasteiger partial charge in [0.05, 0.1) is 25.9 Å². The van der Waals surface area contributed by atoms with Gasteiger partial charge in [0.25, 0.3) is 0 Å². The molecule has 3 rings (SSSR count). The lowest BCUT2D eigenvalue weighted by Gasteiger charge is -2.43. The Morgan fingerprint density at radius 2 is 1.89 bits per heavy atom. The van der Waals surface area contributed by atoms with Crippen LogP contribution in [-0.4, -0.2) is 61.3 Å². The molecule has 3 atom stereocenters. The van der Waals surface area contributed by atoms with E-state index in [0.29, 0.717) is 17.9 Å². The number of quaternary nitrogens is 1. The van der Waals surface area contributed by atoms with E-state index in [4.69, 9.17) is 9.47 Å². The van der Waals surface area contributed by atoms with E-state index in [1.54, 1.807) is 0 Å². The molecule has 0 spiro atoms. The van der Waals surface area contributed by atoms with Crippen molar-refractivity contribution in [3.05, 3.63) is 35.9 Å². The van der Waals surface area contributed by atoms with Gasteiger partial charge in [-0.15, -0.1) is 0 Å². The minimum absolute atomic E-state index is 0.283. The summed E-state index contributed by atoms with van der Waals surface area (Å²) >= 11 is 0. The minimum Gasteiger partial charge on any atom is -0.385 e. The SMILES string of the molecule is CC1CC(OCC(O)C[N+]2(Cc3ccccc3)CCOCC2)CC(C)(C)C1. The average molecular weight is 377 g/mol. The molecule has 3 unspecified atom stereocenters. The Bertz CT molecular complexity index is 568. The molecular formula is C23H38NO3+. The number of aliphatic hydroxyl groups is 1. The molecule has 2 aliphatic rings. The molecule has 4 heteroatoms. The van der Waals surface area contributed by atoms with Crippen molar-refractivity contribution in [1.29, 1.82) is 0 Å². The third-order valence-corrected chi connectivity index (χ3v) is 6.25. The number of aliphatic hydroxyl groups excluding tert-OH is 1. The summed E-state index contributed by atoms with van der Waals surface area (Å²) < 4.78 is 12.7. The molecule has 0 bridgehead atoms. The quantitative estimate of drug-likeness (QED) is 0.739. The molecule has 1 aromatic carbocycles. The van der Waals surface area contributed by atoms with Crippen molar-refractivity contribution in [3.63, 3.8) is 0 Å². The van der Waals surface area contributed by atoms with Crippen LogP contribution < -0.4 is 0 Å². The van der Waals surface area contributed by atoms with E-state index < -0.39 is 6.10 Å². The van der Waals surface area contributed by atoms with E-state index in [-0.39, 0.29) is 6.10 Å². The van der Waals surface area contributed by atoms with E-state index in [2.05, 4.69) is 51.1 Å². The Kier molecular flexibility index (Phi) is 6.96. The molecule has 4 nitrogen and oxygen atoms in total. The first-order valence-electron chi connectivity index (χ1n) is 10.6. The van der Waals surface area contributed by atoms with Gasteiger partial charge in [0.15, 0.2) is 0 Å². The van der Waals surface area contributed by atoms with Gasteiger partial charge in [-0.1, -0.05) is 51.1 Å². The first-order valence-corrected chi connectivity index (χ1v) is 10.6. The maximum atomic E-state index is 10.8. The number of rotatable bonds is 7. The Hall–Kier alpha value is -0.940. The summed E-state index contributed by atoms with van der Waals surface area (Å²) in [6, 6.07) is 10.6. The second-order valence-electron chi connectivity index (χ2n) is 9.75. The standard InChI is InChI=1S/C23H38NO3/c1-19-13-22(15-23(2,3)14-19)27-18-21(25)17-24(9-11-26-12-10-24)16-20-7-5-4-6-8-20/h4-8,19,21-22,25H,9-18H2,1-3H3/q+1. The molecular weight excluding hydrogens is 338 g/mol. The van der Waals surface area contributed by atoms with Gasteiger partial charge in [-0.05, 0) is 30.6 Å². The van der Waals surface area contributed by atoms with Gasteiger partial charge in [0.1, 0.15) is 32.3 Å². The Labute approximate surface area is 165 Å². The first kappa shape index (κ1) is 20.8. The van der Waals surface area contributed by atoms with E-state index in [1.807, 2.05) is 0 Å². The number of ether oxygens (including phenoxy) is 2. The minimum atomic E-state index is -0.424. The summed E-state index contributed by atoms with van der Waals surface area (Å²) in [4.78, 5) is 0. The number of morpholine rings is 1. The predicted molar refractivity (Wildman–Crippen MR) is 108 cm³/mol. The normalized spacial score (nSPS) is 28.6. The average Bonchev–Trinajstić information content (AvgIpc) is 2.60. The summed E-state index contributed by atoms with van der Waals surface area (Å²) in [6.07, 6.45) is 3.35. The summed E-state index contributed by atoms with van der Waals surface area (Å²) in [5.41, 5.74) is 1.67. The molecule has 27 heavy (non-hydrogen) atoms. The van der Waals surface area contributed by atoms with Crippen molar-refractivity contribution in [2.75, 3.05) is 39.5 Å². The van der Waals surface area contributed by atoms with Crippen LogP contribution in [0.5, 0.6) is 0 Å². The number of hydrogen-bond donors (Lipinski definition) is 1. The lowest BCUT2D eigenvalue weighted by Crippen LogP contribution is -2.58. The molecule has 152 valence electrons. The van der Waals surface area contributed by atoms with Crippen LogP contribution in [0.4, 0.5) is 0 Å². The van der Waals surface area contributed by atoms with Crippen molar-refractivity contribution in [2.24, 2.45) is 11.3 Å². The van der Waals surface area contributed by atoms with E-state index in [1.165, 1.54) is 12.0 Å². The summed E-state index contributed by atoms with van der Waals surface area (Å²) in [7, 11) is 0. The van der Waals surface area contributed by atoms with Gasteiger partial charge < -0.3 is 19.1 Å². The zero-order valence-electron chi connectivity index (χ0n) is 17.4.